The number of halogens is 2. The zero-order valence-corrected chi connectivity index (χ0v) is 12.9. The van der Waals surface area contributed by atoms with Gasteiger partial charge in [0.05, 0.1) is 0 Å². The fourth-order valence-electron chi connectivity index (χ4n) is 2.66. The van der Waals surface area contributed by atoms with Crippen LogP contribution in [0, 0.1) is 5.92 Å². The van der Waals surface area contributed by atoms with Crippen molar-refractivity contribution >= 4 is 27.5 Å². The molecule has 4 heteroatoms. The standard InChI is InChI=1S/C14H20BrClN2/c15-13-4-3-12(14(16)8-13)10-18-7-1-2-11(9-18)5-6-17/h3-4,8,11H,1-2,5-7,9-10,17H2. The van der Waals surface area contributed by atoms with Gasteiger partial charge in [0.2, 0.25) is 0 Å². The number of benzene rings is 1. The zero-order chi connectivity index (χ0) is 13.0. The average molecular weight is 332 g/mol. The first-order chi connectivity index (χ1) is 8.69. The van der Waals surface area contributed by atoms with Gasteiger partial charge in [-0.15, -0.1) is 0 Å². The quantitative estimate of drug-likeness (QED) is 0.912. The van der Waals surface area contributed by atoms with Crippen LogP contribution >= 0.6 is 27.5 Å². The van der Waals surface area contributed by atoms with Crippen molar-refractivity contribution in [1.29, 1.82) is 0 Å². The first-order valence-electron chi connectivity index (χ1n) is 6.55. The van der Waals surface area contributed by atoms with Gasteiger partial charge < -0.3 is 5.73 Å². The van der Waals surface area contributed by atoms with E-state index in [2.05, 4.69) is 33.0 Å². The highest BCUT2D eigenvalue weighted by Gasteiger charge is 2.19. The SMILES string of the molecule is NCCC1CCCN(Cc2ccc(Br)cc2Cl)C1. The molecule has 18 heavy (non-hydrogen) atoms. The first-order valence-corrected chi connectivity index (χ1v) is 7.72. The van der Waals surface area contributed by atoms with Gasteiger partial charge in [-0.05, 0) is 56.0 Å². The summed E-state index contributed by atoms with van der Waals surface area (Å²) in [6.07, 6.45) is 3.74. The Hall–Kier alpha value is -0.0900. The second-order valence-electron chi connectivity index (χ2n) is 5.06. The smallest absolute Gasteiger partial charge is 0.0462 e. The Balaban J connectivity index is 1.96. The Morgan fingerprint density at radius 2 is 2.28 bits per heavy atom. The van der Waals surface area contributed by atoms with Crippen molar-refractivity contribution in [1.82, 2.24) is 4.90 Å². The van der Waals surface area contributed by atoms with Gasteiger partial charge in [0.15, 0.2) is 0 Å². The highest BCUT2D eigenvalue weighted by atomic mass is 79.9. The highest BCUT2D eigenvalue weighted by molar-refractivity contribution is 9.10. The molecular weight excluding hydrogens is 312 g/mol. The van der Waals surface area contributed by atoms with E-state index in [1.807, 2.05) is 6.07 Å². The number of hydrogen-bond acceptors (Lipinski definition) is 2. The molecule has 1 saturated heterocycles. The molecule has 1 heterocycles. The van der Waals surface area contributed by atoms with E-state index in [1.165, 1.54) is 24.9 Å². The topological polar surface area (TPSA) is 29.3 Å². The van der Waals surface area contributed by atoms with Crippen LogP contribution in [0.1, 0.15) is 24.8 Å². The Labute approximate surface area is 123 Å². The maximum atomic E-state index is 6.27. The Morgan fingerprint density at radius 1 is 1.44 bits per heavy atom. The van der Waals surface area contributed by atoms with E-state index in [4.69, 9.17) is 17.3 Å². The fourth-order valence-corrected chi connectivity index (χ4v) is 3.39. The molecule has 0 radical (unpaired) electrons. The summed E-state index contributed by atoms with van der Waals surface area (Å²) in [5, 5.41) is 0.852. The second-order valence-corrected chi connectivity index (χ2v) is 6.38. The molecular formula is C14H20BrClN2. The monoisotopic (exact) mass is 330 g/mol. The van der Waals surface area contributed by atoms with Crippen LogP contribution in [0.25, 0.3) is 0 Å². The fraction of sp³-hybridized carbons (Fsp3) is 0.571. The number of likely N-dealkylation sites (tertiary alicyclic amines) is 1. The largest absolute Gasteiger partial charge is 0.330 e. The number of hydrogen-bond donors (Lipinski definition) is 1. The number of piperidine rings is 1. The predicted octanol–water partition coefficient (Wildman–Crippen LogP) is 3.66. The van der Waals surface area contributed by atoms with Gasteiger partial charge in [-0.1, -0.05) is 33.6 Å². The molecule has 1 aliphatic rings. The Bertz CT molecular complexity index is 395. The third-order valence-electron chi connectivity index (χ3n) is 3.59. The number of rotatable bonds is 4. The van der Waals surface area contributed by atoms with Crippen LogP contribution < -0.4 is 5.73 Å². The van der Waals surface area contributed by atoms with E-state index >= 15 is 0 Å². The van der Waals surface area contributed by atoms with Crippen LogP contribution in [0.5, 0.6) is 0 Å². The third kappa shape index (κ3) is 3.95. The summed E-state index contributed by atoms with van der Waals surface area (Å²) in [4.78, 5) is 2.50. The molecule has 1 fully saturated rings. The van der Waals surface area contributed by atoms with Crippen LogP contribution in [0.4, 0.5) is 0 Å². The lowest BCUT2D eigenvalue weighted by Crippen LogP contribution is -2.35. The predicted molar refractivity (Wildman–Crippen MR) is 80.8 cm³/mol. The molecule has 2 N–H and O–H groups in total. The molecule has 0 bridgehead atoms. The van der Waals surface area contributed by atoms with Gasteiger partial charge in [0.1, 0.15) is 0 Å². The van der Waals surface area contributed by atoms with Gasteiger partial charge in [-0.3, -0.25) is 4.90 Å². The van der Waals surface area contributed by atoms with E-state index in [9.17, 15) is 0 Å². The maximum absolute atomic E-state index is 6.27. The number of nitrogens with zero attached hydrogens (tertiary/aromatic N) is 1. The Morgan fingerprint density at radius 3 is 3.00 bits per heavy atom. The van der Waals surface area contributed by atoms with Crippen molar-refractivity contribution in [3.8, 4) is 0 Å². The Kier molecular flexibility index (Phi) is 5.49. The summed E-state index contributed by atoms with van der Waals surface area (Å²) in [7, 11) is 0. The minimum absolute atomic E-state index is 0.762. The summed E-state index contributed by atoms with van der Waals surface area (Å²) in [5.74, 6) is 0.762. The van der Waals surface area contributed by atoms with Crippen molar-refractivity contribution in [2.24, 2.45) is 11.7 Å². The van der Waals surface area contributed by atoms with Crippen molar-refractivity contribution in [3.63, 3.8) is 0 Å². The van der Waals surface area contributed by atoms with E-state index < -0.39 is 0 Å². The maximum Gasteiger partial charge on any atom is 0.0462 e. The van der Waals surface area contributed by atoms with E-state index in [0.29, 0.717) is 0 Å². The first kappa shape index (κ1) is 14.3. The van der Waals surface area contributed by atoms with E-state index in [1.54, 1.807) is 0 Å². The van der Waals surface area contributed by atoms with Gasteiger partial charge in [0.25, 0.3) is 0 Å². The zero-order valence-electron chi connectivity index (χ0n) is 10.5. The van der Waals surface area contributed by atoms with Gasteiger partial charge >= 0.3 is 0 Å². The van der Waals surface area contributed by atoms with Crippen LogP contribution in [0.2, 0.25) is 5.02 Å². The van der Waals surface area contributed by atoms with Crippen molar-refractivity contribution in [3.05, 3.63) is 33.3 Å². The van der Waals surface area contributed by atoms with E-state index in [-0.39, 0.29) is 0 Å². The molecule has 0 aromatic heterocycles. The van der Waals surface area contributed by atoms with Crippen LogP contribution in [0.3, 0.4) is 0 Å². The molecule has 1 aromatic rings. The van der Waals surface area contributed by atoms with Crippen LogP contribution in [-0.2, 0) is 6.54 Å². The van der Waals surface area contributed by atoms with Gasteiger partial charge in [-0.2, -0.15) is 0 Å². The van der Waals surface area contributed by atoms with Crippen molar-refractivity contribution < 1.29 is 0 Å². The third-order valence-corrected chi connectivity index (χ3v) is 4.43. The molecule has 0 amide bonds. The molecule has 100 valence electrons. The molecule has 2 rings (SSSR count). The summed E-state index contributed by atoms with van der Waals surface area (Å²) in [5.41, 5.74) is 6.87. The normalized spacial score (nSPS) is 21.2. The molecule has 0 spiro atoms. The molecule has 1 atom stereocenters. The lowest BCUT2D eigenvalue weighted by atomic mass is 9.94. The summed E-state index contributed by atoms with van der Waals surface area (Å²) >= 11 is 9.71. The molecule has 1 aromatic carbocycles. The molecule has 1 unspecified atom stereocenters. The lowest BCUT2D eigenvalue weighted by Gasteiger charge is -2.32. The van der Waals surface area contributed by atoms with Crippen molar-refractivity contribution in [2.45, 2.75) is 25.8 Å². The lowest BCUT2D eigenvalue weighted by molar-refractivity contribution is 0.163. The molecule has 2 nitrogen and oxygen atoms in total. The molecule has 1 aliphatic heterocycles. The molecule has 0 aliphatic carbocycles. The average Bonchev–Trinajstić information content (AvgIpc) is 2.34. The summed E-state index contributed by atoms with van der Waals surface area (Å²) in [6, 6.07) is 6.14. The van der Waals surface area contributed by atoms with E-state index in [0.717, 1.165) is 41.5 Å². The van der Waals surface area contributed by atoms with Crippen molar-refractivity contribution in [2.75, 3.05) is 19.6 Å². The highest BCUT2D eigenvalue weighted by Crippen LogP contribution is 2.25. The number of nitrogens with two attached hydrogens (primary N) is 1. The summed E-state index contributed by atoms with van der Waals surface area (Å²) in [6.45, 7) is 4.09. The summed E-state index contributed by atoms with van der Waals surface area (Å²) < 4.78 is 1.04. The van der Waals surface area contributed by atoms with Crippen LogP contribution in [0.15, 0.2) is 22.7 Å². The minimum Gasteiger partial charge on any atom is -0.330 e. The second kappa shape index (κ2) is 6.90. The van der Waals surface area contributed by atoms with Gasteiger partial charge in [-0.25, -0.2) is 0 Å². The minimum atomic E-state index is 0.762. The molecule has 0 saturated carbocycles. The van der Waals surface area contributed by atoms with Gasteiger partial charge in [0, 0.05) is 22.6 Å². The van der Waals surface area contributed by atoms with Crippen LogP contribution in [-0.4, -0.2) is 24.5 Å².